The number of thiophene rings is 1. The van der Waals surface area contributed by atoms with Gasteiger partial charge in [0.05, 0.1) is 10.4 Å². The number of halogens is 1. The number of carbonyl (C=O) groups excluding carboxylic acids is 1. The minimum atomic E-state index is -0.802. The van der Waals surface area contributed by atoms with E-state index in [0.717, 1.165) is 41.3 Å². The van der Waals surface area contributed by atoms with Crippen molar-refractivity contribution in [3.63, 3.8) is 0 Å². The van der Waals surface area contributed by atoms with Gasteiger partial charge in [-0.15, -0.1) is 11.3 Å². The fraction of sp³-hybridized carbons (Fsp3) is 0.600. The van der Waals surface area contributed by atoms with Gasteiger partial charge < -0.3 is 5.32 Å². The third-order valence-corrected chi connectivity index (χ3v) is 5.18. The highest BCUT2D eigenvalue weighted by molar-refractivity contribution is 7.16. The van der Waals surface area contributed by atoms with Crippen LogP contribution < -0.4 is 5.32 Å². The molecule has 1 aromatic heterocycles. The van der Waals surface area contributed by atoms with Gasteiger partial charge in [-0.1, -0.05) is 37.3 Å². The Bertz CT molecular complexity index is 498. The molecule has 1 aliphatic rings. The smallest absolute Gasteiger partial charge is 0.240 e. The SMILES string of the molecule is N#CC1(C(=O)NCCc2ccc(Cl)s2)CCCCCC1. The lowest BCUT2D eigenvalue weighted by Crippen LogP contribution is -2.40. The summed E-state index contributed by atoms with van der Waals surface area (Å²) in [7, 11) is 0. The van der Waals surface area contributed by atoms with Crippen LogP contribution in [0.2, 0.25) is 4.34 Å². The molecule has 20 heavy (non-hydrogen) atoms. The van der Waals surface area contributed by atoms with Crippen LogP contribution in [0.1, 0.15) is 43.4 Å². The van der Waals surface area contributed by atoms with Gasteiger partial charge in [0.1, 0.15) is 5.41 Å². The first-order chi connectivity index (χ1) is 9.66. The van der Waals surface area contributed by atoms with Crippen LogP contribution in [-0.4, -0.2) is 12.5 Å². The lowest BCUT2D eigenvalue weighted by atomic mass is 9.81. The zero-order valence-corrected chi connectivity index (χ0v) is 13.0. The summed E-state index contributed by atoms with van der Waals surface area (Å²) in [6.07, 6.45) is 6.36. The average Bonchev–Trinajstić information content (AvgIpc) is 2.73. The number of rotatable bonds is 4. The molecule has 0 spiro atoms. The Morgan fingerprint density at radius 3 is 2.60 bits per heavy atom. The molecule has 1 N–H and O–H groups in total. The topological polar surface area (TPSA) is 52.9 Å². The number of hydrogen-bond acceptors (Lipinski definition) is 3. The Hall–Kier alpha value is -1.05. The maximum absolute atomic E-state index is 12.3. The summed E-state index contributed by atoms with van der Waals surface area (Å²) in [4.78, 5) is 13.5. The molecule has 1 aliphatic carbocycles. The second-order valence-electron chi connectivity index (χ2n) is 5.32. The van der Waals surface area contributed by atoms with E-state index in [0.29, 0.717) is 19.4 Å². The minimum absolute atomic E-state index is 0.0930. The summed E-state index contributed by atoms with van der Waals surface area (Å²) < 4.78 is 0.767. The molecule has 1 heterocycles. The zero-order valence-electron chi connectivity index (χ0n) is 11.5. The number of nitrogens with one attached hydrogen (secondary N) is 1. The number of hydrogen-bond donors (Lipinski definition) is 1. The second kappa shape index (κ2) is 7.10. The average molecular weight is 311 g/mol. The summed E-state index contributed by atoms with van der Waals surface area (Å²) in [6, 6.07) is 6.12. The molecule has 0 aliphatic heterocycles. The van der Waals surface area contributed by atoms with Crippen molar-refractivity contribution in [2.24, 2.45) is 5.41 Å². The van der Waals surface area contributed by atoms with Gasteiger partial charge in [-0.2, -0.15) is 5.26 Å². The molecule has 0 aromatic carbocycles. The van der Waals surface area contributed by atoms with E-state index >= 15 is 0 Å². The van der Waals surface area contributed by atoms with E-state index in [1.54, 1.807) is 0 Å². The molecule has 1 aromatic rings. The fourth-order valence-electron chi connectivity index (χ4n) is 2.68. The van der Waals surface area contributed by atoms with Crippen LogP contribution in [0.15, 0.2) is 12.1 Å². The first-order valence-electron chi connectivity index (χ1n) is 7.10. The minimum Gasteiger partial charge on any atom is -0.354 e. The Labute approximate surface area is 128 Å². The van der Waals surface area contributed by atoms with Crippen molar-refractivity contribution in [3.8, 4) is 6.07 Å². The molecule has 3 nitrogen and oxygen atoms in total. The molecule has 0 bridgehead atoms. The van der Waals surface area contributed by atoms with Crippen molar-refractivity contribution < 1.29 is 4.79 Å². The molecule has 0 atom stereocenters. The summed E-state index contributed by atoms with van der Waals surface area (Å²) >= 11 is 7.41. The predicted molar refractivity (Wildman–Crippen MR) is 81.8 cm³/mol. The molecular formula is C15H19ClN2OS. The van der Waals surface area contributed by atoms with Gasteiger partial charge >= 0.3 is 0 Å². The molecule has 1 saturated carbocycles. The van der Waals surface area contributed by atoms with E-state index in [2.05, 4.69) is 11.4 Å². The molecule has 5 heteroatoms. The van der Waals surface area contributed by atoms with Crippen molar-refractivity contribution in [2.45, 2.75) is 44.9 Å². The predicted octanol–water partition coefficient (Wildman–Crippen LogP) is 3.92. The first kappa shape index (κ1) is 15.3. The summed E-state index contributed by atoms with van der Waals surface area (Å²) in [5.41, 5.74) is -0.802. The van der Waals surface area contributed by atoms with E-state index < -0.39 is 5.41 Å². The molecule has 2 rings (SSSR count). The van der Waals surface area contributed by atoms with Crippen molar-refractivity contribution >= 4 is 28.8 Å². The van der Waals surface area contributed by atoms with Gasteiger partial charge in [-0.05, 0) is 31.4 Å². The molecule has 0 unspecified atom stereocenters. The molecule has 0 radical (unpaired) electrons. The van der Waals surface area contributed by atoms with Crippen LogP contribution in [0.5, 0.6) is 0 Å². The van der Waals surface area contributed by atoms with Gasteiger partial charge in [0.15, 0.2) is 0 Å². The van der Waals surface area contributed by atoms with Crippen molar-refractivity contribution in [1.29, 1.82) is 5.26 Å². The van der Waals surface area contributed by atoms with Crippen LogP contribution in [0, 0.1) is 16.7 Å². The van der Waals surface area contributed by atoms with E-state index in [-0.39, 0.29) is 5.91 Å². The normalized spacial score (nSPS) is 18.0. The van der Waals surface area contributed by atoms with Crippen LogP contribution in [-0.2, 0) is 11.2 Å². The van der Waals surface area contributed by atoms with E-state index in [1.807, 2.05) is 12.1 Å². The van der Waals surface area contributed by atoms with Crippen LogP contribution in [0.4, 0.5) is 0 Å². The number of nitriles is 1. The number of amides is 1. The molecule has 108 valence electrons. The fourth-order valence-corrected chi connectivity index (χ4v) is 3.76. The third kappa shape index (κ3) is 3.74. The van der Waals surface area contributed by atoms with Crippen LogP contribution in [0.3, 0.4) is 0 Å². The number of nitrogens with zero attached hydrogens (tertiary/aromatic N) is 1. The Kier molecular flexibility index (Phi) is 5.45. The Morgan fingerprint density at radius 1 is 1.35 bits per heavy atom. The van der Waals surface area contributed by atoms with Gasteiger partial charge in [0.2, 0.25) is 5.91 Å². The first-order valence-corrected chi connectivity index (χ1v) is 8.29. The lowest BCUT2D eigenvalue weighted by molar-refractivity contribution is -0.128. The molecular weight excluding hydrogens is 292 g/mol. The summed E-state index contributed by atoms with van der Waals surface area (Å²) in [5.74, 6) is -0.0930. The maximum Gasteiger partial charge on any atom is 0.240 e. The highest BCUT2D eigenvalue weighted by atomic mass is 35.5. The maximum atomic E-state index is 12.3. The Balaban J connectivity index is 1.87. The molecule has 0 saturated heterocycles. The van der Waals surface area contributed by atoms with Crippen LogP contribution in [0.25, 0.3) is 0 Å². The highest BCUT2D eigenvalue weighted by Crippen LogP contribution is 2.34. The third-order valence-electron chi connectivity index (χ3n) is 3.89. The van der Waals surface area contributed by atoms with E-state index in [1.165, 1.54) is 11.3 Å². The Morgan fingerprint density at radius 2 is 2.05 bits per heavy atom. The molecule has 1 amide bonds. The van der Waals surface area contributed by atoms with E-state index in [9.17, 15) is 10.1 Å². The largest absolute Gasteiger partial charge is 0.354 e. The van der Waals surface area contributed by atoms with Gasteiger partial charge in [-0.3, -0.25) is 4.79 Å². The lowest BCUT2D eigenvalue weighted by Gasteiger charge is -2.23. The summed E-state index contributed by atoms with van der Waals surface area (Å²) in [6.45, 7) is 0.569. The van der Waals surface area contributed by atoms with Gasteiger partial charge in [-0.25, -0.2) is 0 Å². The highest BCUT2D eigenvalue weighted by Gasteiger charge is 2.38. The van der Waals surface area contributed by atoms with Gasteiger partial charge in [0, 0.05) is 11.4 Å². The second-order valence-corrected chi connectivity index (χ2v) is 7.12. The van der Waals surface area contributed by atoms with Crippen molar-refractivity contribution in [2.75, 3.05) is 6.54 Å². The van der Waals surface area contributed by atoms with Gasteiger partial charge in [0.25, 0.3) is 0 Å². The zero-order chi connectivity index (χ0) is 14.4. The van der Waals surface area contributed by atoms with E-state index in [4.69, 9.17) is 11.6 Å². The van der Waals surface area contributed by atoms with Crippen LogP contribution >= 0.6 is 22.9 Å². The van der Waals surface area contributed by atoms with Crippen molar-refractivity contribution in [3.05, 3.63) is 21.3 Å². The summed E-state index contributed by atoms with van der Waals surface area (Å²) in [5, 5.41) is 12.4. The standard InChI is InChI=1S/C15H19ClN2OS/c16-13-6-5-12(20-13)7-10-18-14(19)15(11-17)8-3-1-2-4-9-15/h5-6H,1-4,7-10H2,(H,18,19). The number of carbonyl (C=O) groups is 1. The molecule has 1 fully saturated rings. The monoisotopic (exact) mass is 310 g/mol. The quantitative estimate of drug-likeness (QED) is 0.857. The van der Waals surface area contributed by atoms with Crippen molar-refractivity contribution in [1.82, 2.24) is 5.32 Å².